The van der Waals surface area contributed by atoms with Crippen LogP contribution in [-0.2, 0) is 4.79 Å². The zero-order chi connectivity index (χ0) is 21.0. The fourth-order valence-electron chi connectivity index (χ4n) is 2.95. The van der Waals surface area contributed by atoms with Crippen molar-refractivity contribution in [1.29, 1.82) is 0 Å². The summed E-state index contributed by atoms with van der Waals surface area (Å²) >= 11 is 1.21. The van der Waals surface area contributed by atoms with Crippen LogP contribution in [-0.4, -0.2) is 80.3 Å². The Morgan fingerprint density at radius 1 is 1.21 bits per heavy atom. The van der Waals surface area contributed by atoms with E-state index in [2.05, 4.69) is 32.1 Å². The van der Waals surface area contributed by atoms with E-state index >= 15 is 0 Å². The average molecular weight is 430 g/mol. The highest BCUT2D eigenvalue weighted by Gasteiger charge is 2.31. The zero-order valence-corrected chi connectivity index (χ0v) is 16.8. The van der Waals surface area contributed by atoms with Gasteiger partial charge in [0.2, 0.25) is 11.1 Å². The van der Waals surface area contributed by atoms with Gasteiger partial charge in [-0.2, -0.15) is 4.68 Å². The lowest BCUT2D eigenvalue weighted by Gasteiger charge is -2.35. The number of likely N-dealkylation sites (N-methyl/N-ethyl adjacent to an activating group) is 1. The second kappa shape index (κ2) is 8.99. The number of hydrogen-bond acceptors (Lipinski definition) is 7. The van der Waals surface area contributed by atoms with Gasteiger partial charge in [0.25, 0.3) is 0 Å². The summed E-state index contributed by atoms with van der Waals surface area (Å²) in [5, 5.41) is 11.4. The monoisotopic (exact) mass is 430 g/mol. The number of thioether (sulfide) groups is 1. The molecule has 0 saturated carbocycles. The lowest BCUT2D eigenvalue weighted by molar-refractivity contribution is -0.274. The first kappa shape index (κ1) is 21.4. The molecule has 8 nitrogen and oxygen atoms in total. The molecular weight excluding hydrogens is 409 g/mol. The molecule has 12 heteroatoms. The molecule has 1 atom stereocenters. The number of rotatable bonds is 6. The minimum absolute atomic E-state index is 0.00854. The predicted octanol–water partition coefficient (Wildman–Crippen LogP) is 2.21. The van der Waals surface area contributed by atoms with Crippen LogP contribution in [0.25, 0.3) is 5.69 Å². The van der Waals surface area contributed by atoms with E-state index in [1.54, 1.807) is 6.92 Å². The maximum Gasteiger partial charge on any atom is 0.573 e. The van der Waals surface area contributed by atoms with Crippen molar-refractivity contribution in [3.8, 4) is 11.4 Å². The van der Waals surface area contributed by atoms with E-state index < -0.39 is 11.6 Å². The third kappa shape index (κ3) is 5.60. The number of halogens is 3. The summed E-state index contributed by atoms with van der Waals surface area (Å²) in [4.78, 5) is 16.9. The zero-order valence-electron chi connectivity index (χ0n) is 16.0. The number of alkyl halides is 3. The van der Waals surface area contributed by atoms with Gasteiger partial charge in [-0.1, -0.05) is 18.7 Å². The number of amides is 1. The minimum Gasteiger partial charge on any atom is -0.406 e. The number of nitrogens with zero attached hydrogens (tertiary/aromatic N) is 6. The summed E-state index contributed by atoms with van der Waals surface area (Å²) in [7, 11) is 0. The van der Waals surface area contributed by atoms with E-state index in [4.69, 9.17) is 0 Å². The molecule has 29 heavy (non-hydrogen) atoms. The number of benzene rings is 1. The Labute approximate surface area is 170 Å². The highest BCUT2D eigenvalue weighted by Crippen LogP contribution is 2.27. The fourth-order valence-corrected chi connectivity index (χ4v) is 3.85. The molecule has 158 valence electrons. The van der Waals surface area contributed by atoms with Crippen LogP contribution >= 0.6 is 11.8 Å². The predicted molar refractivity (Wildman–Crippen MR) is 99.9 cm³/mol. The van der Waals surface area contributed by atoms with Crippen molar-refractivity contribution < 1.29 is 22.7 Å². The largest absolute Gasteiger partial charge is 0.573 e. The van der Waals surface area contributed by atoms with Gasteiger partial charge in [0, 0.05) is 26.2 Å². The average Bonchev–Trinajstić information content (AvgIpc) is 3.15. The van der Waals surface area contributed by atoms with Gasteiger partial charge in [0.15, 0.2) is 0 Å². The van der Waals surface area contributed by atoms with Gasteiger partial charge in [0.1, 0.15) is 5.75 Å². The molecule has 1 aliphatic rings. The summed E-state index contributed by atoms with van der Waals surface area (Å²) < 4.78 is 42.1. The third-order valence-electron chi connectivity index (χ3n) is 4.52. The quantitative estimate of drug-likeness (QED) is 0.651. The number of carbonyl (C=O) groups excluding carboxylic acids is 1. The van der Waals surface area contributed by atoms with E-state index in [1.165, 1.54) is 40.7 Å². The van der Waals surface area contributed by atoms with Gasteiger partial charge in [-0.25, -0.2) is 0 Å². The van der Waals surface area contributed by atoms with Crippen LogP contribution in [0.4, 0.5) is 13.2 Å². The van der Waals surface area contributed by atoms with E-state index in [9.17, 15) is 18.0 Å². The standard InChI is InChI=1S/C17H21F3N6O2S/c1-3-24-8-10-25(11-9-24)15(27)12(2)29-16-21-22-23-26(16)13-4-6-14(7-5-13)28-17(18,19)20/h4-7,12H,3,8-11H2,1-2H3/t12-/m0/s1. The molecule has 0 unspecified atom stereocenters. The van der Waals surface area contributed by atoms with E-state index in [-0.39, 0.29) is 11.7 Å². The van der Waals surface area contributed by atoms with Crippen molar-refractivity contribution in [1.82, 2.24) is 30.0 Å². The molecule has 0 N–H and O–H groups in total. The normalized spacial score (nSPS) is 16.7. The van der Waals surface area contributed by atoms with Gasteiger partial charge in [-0.3, -0.25) is 4.79 Å². The summed E-state index contributed by atoms with van der Waals surface area (Å²) in [5.41, 5.74) is 0.461. The van der Waals surface area contributed by atoms with Crippen molar-refractivity contribution in [2.45, 2.75) is 30.6 Å². The maximum absolute atomic E-state index is 12.7. The molecule has 1 amide bonds. The smallest absolute Gasteiger partial charge is 0.406 e. The van der Waals surface area contributed by atoms with Crippen molar-refractivity contribution >= 4 is 17.7 Å². The molecule has 2 heterocycles. The Balaban J connectivity index is 1.65. The molecule has 2 aromatic rings. The first-order valence-corrected chi connectivity index (χ1v) is 9.97. The van der Waals surface area contributed by atoms with Crippen LogP contribution in [0.15, 0.2) is 29.4 Å². The molecule has 1 aromatic carbocycles. The van der Waals surface area contributed by atoms with Crippen LogP contribution in [0.1, 0.15) is 13.8 Å². The molecule has 3 rings (SSSR count). The Morgan fingerprint density at radius 3 is 2.45 bits per heavy atom. The molecule has 0 radical (unpaired) electrons. The molecule has 1 aromatic heterocycles. The number of aromatic nitrogens is 4. The molecule has 0 bridgehead atoms. The lowest BCUT2D eigenvalue weighted by atomic mass is 10.3. The molecule has 1 aliphatic heterocycles. The fraction of sp³-hybridized carbons (Fsp3) is 0.529. The number of tetrazole rings is 1. The second-order valence-corrected chi connectivity index (χ2v) is 7.74. The summed E-state index contributed by atoms with van der Waals surface area (Å²) in [6.07, 6.45) is -4.75. The van der Waals surface area contributed by atoms with Crippen molar-refractivity contribution in [2.24, 2.45) is 0 Å². The number of carbonyl (C=O) groups is 1. The Morgan fingerprint density at radius 2 is 1.86 bits per heavy atom. The lowest BCUT2D eigenvalue weighted by Crippen LogP contribution is -2.50. The molecule has 0 aliphatic carbocycles. The van der Waals surface area contributed by atoms with E-state index in [1.807, 2.05) is 4.90 Å². The van der Waals surface area contributed by atoms with E-state index in [0.717, 1.165) is 19.6 Å². The minimum atomic E-state index is -4.75. The Hall–Kier alpha value is -2.34. The van der Waals surface area contributed by atoms with Gasteiger partial charge < -0.3 is 14.5 Å². The van der Waals surface area contributed by atoms with Crippen molar-refractivity contribution in [3.63, 3.8) is 0 Å². The van der Waals surface area contributed by atoms with Crippen LogP contribution in [0.2, 0.25) is 0 Å². The SMILES string of the molecule is CCN1CCN(C(=O)[C@H](C)Sc2nnnn2-c2ccc(OC(F)(F)F)cc2)CC1. The third-order valence-corrected chi connectivity index (χ3v) is 5.54. The first-order valence-electron chi connectivity index (χ1n) is 9.09. The van der Waals surface area contributed by atoms with Gasteiger partial charge in [-0.15, -0.1) is 18.3 Å². The topological polar surface area (TPSA) is 76.4 Å². The second-order valence-electron chi connectivity index (χ2n) is 6.43. The van der Waals surface area contributed by atoms with Crippen LogP contribution in [0.5, 0.6) is 5.75 Å². The molecule has 1 fully saturated rings. The van der Waals surface area contributed by atoms with Gasteiger partial charge in [0.05, 0.1) is 10.9 Å². The van der Waals surface area contributed by atoms with Gasteiger partial charge >= 0.3 is 6.36 Å². The van der Waals surface area contributed by atoms with Crippen LogP contribution < -0.4 is 4.74 Å². The highest BCUT2D eigenvalue weighted by molar-refractivity contribution is 8.00. The number of hydrogen-bond donors (Lipinski definition) is 0. The van der Waals surface area contributed by atoms with Crippen molar-refractivity contribution in [2.75, 3.05) is 32.7 Å². The van der Waals surface area contributed by atoms with E-state index in [0.29, 0.717) is 23.9 Å². The van der Waals surface area contributed by atoms with Crippen LogP contribution in [0, 0.1) is 0 Å². The molecular formula is C17H21F3N6O2S. The maximum atomic E-state index is 12.7. The molecule has 0 spiro atoms. The van der Waals surface area contributed by atoms with Crippen molar-refractivity contribution in [3.05, 3.63) is 24.3 Å². The number of piperazine rings is 1. The number of ether oxygens (including phenoxy) is 1. The summed E-state index contributed by atoms with van der Waals surface area (Å²) in [5.74, 6) is -0.326. The summed E-state index contributed by atoms with van der Waals surface area (Å²) in [6.45, 7) is 7.92. The van der Waals surface area contributed by atoms with Crippen LogP contribution in [0.3, 0.4) is 0 Å². The van der Waals surface area contributed by atoms with Gasteiger partial charge in [-0.05, 0) is 48.2 Å². The molecule has 1 saturated heterocycles. The highest BCUT2D eigenvalue weighted by atomic mass is 32.2. The first-order chi connectivity index (χ1) is 13.8. The Bertz CT molecular complexity index is 821. The Kier molecular flexibility index (Phi) is 6.63. The summed E-state index contributed by atoms with van der Waals surface area (Å²) in [6, 6.07) is 5.19.